The predicted octanol–water partition coefficient (Wildman–Crippen LogP) is 4.08. The molecule has 1 aromatic carbocycles. The van der Waals surface area contributed by atoms with Crippen LogP contribution in [0.2, 0.25) is 0 Å². The largest absolute Gasteiger partial charge is 0.338 e. The monoisotopic (exact) mass is 349 g/mol. The number of aromatic nitrogens is 2. The van der Waals surface area contributed by atoms with E-state index in [0.29, 0.717) is 6.04 Å². The summed E-state index contributed by atoms with van der Waals surface area (Å²) in [6.07, 6.45) is 5.91. The van der Waals surface area contributed by atoms with Crippen molar-refractivity contribution in [3.63, 3.8) is 0 Å². The van der Waals surface area contributed by atoms with Crippen molar-refractivity contribution in [3.8, 4) is 0 Å². The maximum atomic E-state index is 4.47. The van der Waals surface area contributed by atoms with Crippen LogP contribution in [0.4, 0.5) is 0 Å². The summed E-state index contributed by atoms with van der Waals surface area (Å²) in [6, 6.07) is 4.84. The van der Waals surface area contributed by atoms with Crippen LogP contribution in [-0.4, -0.2) is 16.1 Å². The van der Waals surface area contributed by atoms with E-state index in [1.54, 1.807) is 0 Å². The number of nitrogens with one attached hydrogen (secondary N) is 1. The molecule has 1 aromatic heterocycles. The van der Waals surface area contributed by atoms with Crippen LogP contribution in [0.1, 0.15) is 41.9 Å². The fourth-order valence-corrected chi connectivity index (χ4v) is 2.81. The third-order valence-electron chi connectivity index (χ3n) is 3.81. The zero-order valence-corrected chi connectivity index (χ0v) is 14.9. The Kier molecular flexibility index (Phi) is 5.59. The maximum absolute atomic E-state index is 4.47. The molecule has 1 heterocycles. The van der Waals surface area contributed by atoms with Crippen molar-refractivity contribution in [2.24, 2.45) is 7.05 Å². The number of imidazole rings is 1. The molecular weight excluding hydrogens is 326 g/mol. The molecule has 0 spiro atoms. The highest BCUT2D eigenvalue weighted by Crippen LogP contribution is 2.27. The summed E-state index contributed by atoms with van der Waals surface area (Å²) < 4.78 is 3.30. The Balaban J connectivity index is 2.29. The van der Waals surface area contributed by atoms with Crippen molar-refractivity contribution in [2.75, 3.05) is 6.54 Å². The smallest absolute Gasteiger partial charge is 0.110 e. The average Bonchev–Trinajstić information content (AvgIpc) is 2.85. The van der Waals surface area contributed by atoms with Crippen molar-refractivity contribution in [1.82, 2.24) is 14.9 Å². The van der Waals surface area contributed by atoms with Crippen LogP contribution in [-0.2, 0) is 13.5 Å². The molecule has 0 aliphatic rings. The highest BCUT2D eigenvalue weighted by molar-refractivity contribution is 9.10. The Labute approximate surface area is 135 Å². The van der Waals surface area contributed by atoms with Gasteiger partial charge in [0.25, 0.3) is 0 Å². The van der Waals surface area contributed by atoms with Gasteiger partial charge in [-0.2, -0.15) is 0 Å². The van der Waals surface area contributed by atoms with Crippen LogP contribution in [0.15, 0.2) is 29.0 Å². The lowest BCUT2D eigenvalue weighted by Crippen LogP contribution is -2.25. The molecule has 0 saturated carbocycles. The summed E-state index contributed by atoms with van der Waals surface area (Å²) in [7, 11) is 2.05. The van der Waals surface area contributed by atoms with Gasteiger partial charge in [0.05, 0.1) is 0 Å². The Hall–Kier alpha value is -1.13. The van der Waals surface area contributed by atoms with Gasteiger partial charge >= 0.3 is 0 Å². The summed E-state index contributed by atoms with van der Waals surface area (Å²) in [5.74, 6) is 1.11. The summed E-state index contributed by atoms with van der Waals surface area (Å²) in [5, 5.41) is 3.66. The zero-order valence-electron chi connectivity index (χ0n) is 13.3. The molecule has 1 unspecified atom stereocenters. The fourth-order valence-electron chi connectivity index (χ4n) is 2.58. The molecule has 0 saturated heterocycles. The minimum Gasteiger partial charge on any atom is -0.338 e. The van der Waals surface area contributed by atoms with Gasteiger partial charge in [0.1, 0.15) is 5.82 Å². The van der Waals surface area contributed by atoms with Crippen molar-refractivity contribution >= 4 is 15.9 Å². The Morgan fingerprint density at radius 3 is 2.48 bits per heavy atom. The first-order chi connectivity index (χ1) is 10.0. The Morgan fingerprint density at radius 1 is 1.29 bits per heavy atom. The third kappa shape index (κ3) is 3.95. The van der Waals surface area contributed by atoms with Crippen molar-refractivity contribution in [3.05, 3.63) is 51.5 Å². The molecule has 0 aliphatic heterocycles. The molecule has 3 nitrogen and oxygen atoms in total. The second-order valence-electron chi connectivity index (χ2n) is 5.63. The van der Waals surface area contributed by atoms with E-state index in [4.69, 9.17) is 0 Å². The molecule has 2 rings (SSSR count). The molecule has 0 amide bonds. The highest BCUT2D eigenvalue weighted by Gasteiger charge is 2.16. The summed E-state index contributed by atoms with van der Waals surface area (Å²) in [4.78, 5) is 4.47. The van der Waals surface area contributed by atoms with Gasteiger partial charge in [-0.3, -0.25) is 0 Å². The number of benzene rings is 1. The molecule has 0 radical (unpaired) electrons. The third-order valence-corrected chi connectivity index (χ3v) is 5.06. The number of hydrogen-bond acceptors (Lipinski definition) is 2. The van der Waals surface area contributed by atoms with Crippen LogP contribution >= 0.6 is 15.9 Å². The van der Waals surface area contributed by atoms with Gasteiger partial charge in [-0.1, -0.05) is 35.0 Å². The van der Waals surface area contributed by atoms with E-state index >= 15 is 0 Å². The number of nitrogens with zero attached hydrogens (tertiary/aromatic N) is 2. The van der Waals surface area contributed by atoms with Gasteiger partial charge in [0.2, 0.25) is 0 Å². The van der Waals surface area contributed by atoms with E-state index in [1.807, 2.05) is 12.4 Å². The van der Waals surface area contributed by atoms with Gasteiger partial charge in [0, 0.05) is 36.4 Å². The first kappa shape index (κ1) is 16.2. The normalized spacial score (nSPS) is 12.6. The van der Waals surface area contributed by atoms with Crippen molar-refractivity contribution < 1.29 is 0 Å². The quantitative estimate of drug-likeness (QED) is 0.851. The molecule has 2 aromatic rings. The van der Waals surface area contributed by atoms with Crippen LogP contribution in [0, 0.1) is 13.8 Å². The standard InChI is InChI=1S/C17H24BrN3/c1-5-6-19-15(11-16-20-7-8-21(16)4)14-9-12(2)17(18)13(3)10-14/h7-10,15,19H,5-6,11H2,1-4H3. The zero-order chi connectivity index (χ0) is 15.4. The van der Waals surface area contributed by atoms with Gasteiger partial charge in [-0.15, -0.1) is 0 Å². The molecule has 1 atom stereocenters. The molecule has 1 N–H and O–H groups in total. The van der Waals surface area contributed by atoms with Crippen LogP contribution in [0.25, 0.3) is 0 Å². The minimum absolute atomic E-state index is 0.302. The van der Waals surface area contributed by atoms with Gasteiger partial charge in [-0.25, -0.2) is 4.98 Å². The SMILES string of the molecule is CCCNC(Cc1nccn1C)c1cc(C)c(Br)c(C)c1. The number of halogens is 1. The van der Waals surface area contributed by atoms with Gasteiger partial charge in [0.15, 0.2) is 0 Å². The highest BCUT2D eigenvalue weighted by atomic mass is 79.9. The number of rotatable bonds is 6. The van der Waals surface area contributed by atoms with Gasteiger partial charge in [-0.05, 0) is 43.5 Å². The topological polar surface area (TPSA) is 29.9 Å². The second-order valence-corrected chi connectivity index (χ2v) is 6.43. The first-order valence-electron chi connectivity index (χ1n) is 7.49. The van der Waals surface area contributed by atoms with E-state index < -0.39 is 0 Å². The van der Waals surface area contributed by atoms with Gasteiger partial charge < -0.3 is 9.88 Å². The molecule has 21 heavy (non-hydrogen) atoms. The number of aryl methyl sites for hydroxylation is 3. The summed E-state index contributed by atoms with van der Waals surface area (Å²) in [6.45, 7) is 7.52. The van der Waals surface area contributed by atoms with E-state index in [-0.39, 0.29) is 0 Å². The lowest BCUT2D eigenvalue weighted by atomic mass is 9.98. The first-order valence-corrected chi connectivity index (χ1v) is 8.28. The summed E-state index contributed by atoms with van der Waals surface area (Å²) in [5.41, 5.74) is 3.91. The minimum atomic E-state index is 0.302. The summed E-state index contributed by atoms with van der Waals surface area (Å²) >= 11 is 3.65. The Morgan fingerprint density at radius 2 is 1.95 bits per heavy atom. The maximum Gasteiger partial charge on any atom is 0.110 e. The number of hydrogen-bond donors (Lipinski definition) is 1. The molecule has 0 fully saturated rings. The van der Waals surface area contributed by atoms with E-state index in [9.17, 15) is 0 Å². The molecule has 4 heteroatoms. The Bertz CT molecular complexity index is 581. The predicted molar refractivity (Wildman–Crippen MR) is 91.6 cm³/mol. The molecule has 0 aliphatic carbocycles. The molecule has 0 bridgehead atoms. The van der Waals surface area contributed by atoms with Crippen LogP contribution < -0.4 is 5.32 Å². The fraction of sp³-hybridized carbons (Fsp3) is 0.471. The van der Waals surface area contributed by atoms with Crippen LogP contribution in [0.3, 0.4) is 0 Å². The molecular formula is C17H24BrN3. The van der Waals surface area contributed by atoms with E-state index in [2.05, 4.69) is 70.7 Å². The average molecular weight is 350 g/mol. The molecule has 114 valence electrons. The van der Waals surface area contributed by atoms with Crippen molar-refractivity contribution in [2.45, 2.75) is 39.7 Å². The lowest BCUT2D eigenvalue weighted by molar-refractivity contribution is 0.511. The van der Waals surface area contributed by atoms with Crippen LogP contribution in [0.5, 0.6) is 0 Å². The second kappa shape index (κ2) is 7.23. The lowest BCUT2D eigenvalue weighted by Gasteiger charge is -2.20. The van der Waals surface area contributed by atoms with E-state index in [0.717, 1.165) is 25.2 Å². The van der Waals surface area contributed by atoms with E-state index in [1.165, 1.54) is 21.2 Å². The van der Waals surface area contributed by atoms with Crippen molar-refractivity contribution in [1.29, 1.82) is 0 Å².